The first-order valence-corrected chi connectivity index (χ1v) is 11.2. The molecule has 0 aromatic heterocycles. The maximum atomic E-state index is 5.33. The Hall–Kier alpha value is 0.137. The molecular weight excluding hydrogens is 276 g/mol. The van der Waals surface area contributed by atoms with E-state index in [0.29, 0.717) is 0 Å². The van der Waals surface area contributed by atoms with Crippen LogP contribution in [0.1, 0.15) is 96.8 Å². The molecule has 0 aliphatic rings. The molecule has 0 saturated carbocycles. The Morgan fingerprint density at radius 3 is 1.19 bits per heavy atom. The molecule has 0 atom stereocenters. The Balaban J connectivity index is 3.02. The van der Waals surface area contributed by atoms with E-state index in [1.807, 2.05) is 0 Å². The van der Waals surface area contributed by atoms with Gasteiger partial charge in [-0.3, -0.25) is 0 Å². The van der Waals surface area contributed by atoms with Crippen LogP contribution in [0.5, 0.6) is 0 Å². The SMILES string of the molecule is CCCCCCCCCCCCCCCC[SiH](OC)OC. The minimum atomic E-state index is -1.28. The zero-order chi connectivity index (χ0) is 15.6. The summed E-state index contributed by atoms with van der Waals surface area (Å²) < 4.78 is 10.7. The lowest BCUT2D eigenvalue weighted by molar-refractivity contribution is 0.276. The van der Waals surface area contributed by atoms with Crippen molar-refractivity contribution in [3.8, 4) is 0 Å². The Morgan fingerprint density at radius 2 is 0.857 bits per heavy atom. The molecule has 0 spiro atoms. The first-order chi connectivity index (χ1) is 10.3. The van der Waals surface area contributed by atoms with Gasteiger partial charge in [0.2, 0.25) is 0 Å². The molecule has 0 bridgehead atoms. The predicted octanol–water partition coefficient (Wildman–Crippen LogP) is 5.98. The third kappa shape index (κ3) is 16.3. The average Bonchev–Trinajstić information content (AvgIpc) is 2.51. The van der Waals surface area contributed by atoms with E-state index in [2.05, 4.69) is 6.92 Å². The van der Waals surface area contributed by atoms with Crippen molar-refractivity contribution in [2.45, 2.75) is 103 Å². The topological polar surface area (TPSA) is 18.5 Å². The molecule has 3 heteroatoms. The molecular formula is C18H40O2Si. The Kier molecular flexibility index (Phi) is 18.3. The summed E-state index contributed by atoms with van der Waals surface area (Å²) in [7, 11) is 2.28. The molecule has 0 N–H and O–H groups in total. The van der Waals surface area contributed by atoms with Gasteiger partial charge in [-0.2, -0.15) is 0 Å². The maximum Gasteiger partial charge on any atom is 0.320 e. The van der Waals surface area contributed by atoms with Crippen LogP contribution in [0.4, 0.5) is 0 Å². The third-order valence-corrected chi connectivity index (χ3v) is 6.25. The van der Waals surface area contributed by atoms with Crippen molar-refractivity contribution in [1.82, 2.24) is 0 Å². The molecule has 21 heavy (non-hydrogen) atoms. The second-order valence-corrected chi connectivity index (χ2v) is 8.67. The van der Waals surface area contributed by atoms with Crippen LogP contribution in [0.3, 0.4) is 0 Å². The molecule has 0 saturated heterocycles. The summed E-state index contributed by atoms with van der Waals surface area (Å²) in [6, 6.07) is 1.17. The second kappa shape index (κ2) is 18.2. The predicted molar refractivity (Wildman–Crippen MR) is 96.3 cm³/mol. The van der Waals surface area contributed by atoms with E-state index in [4.69, 9.17) is 8.85 Å². The summed E-state index contributed by atoms with van der Waals surface area (Å²) >= 11 is 0. The first-order valence-electron chi connectivity index (χ1n) is 9.40. The number of hydrogen-bond donors (Lipinski definition) is 0. The lowest BCUT2D eigenvalue weighted by Crippen LogP contribution is -2.18. The van der Waals surface area contributed by atoms with Crippen LogP contribution in [-0.4, -0.2) is 23.5 Å². The fourth-order valence-electron chi connectivity index (χ4n) is 2.84. The Bertz CT molecular complexity index is 184. The van der Waals surface area contributed by atoms with Gasteiger partial charge >= 0.3 is 9.28 Å². The highest BCUT2D eigenvalue weighted by molar-refractivity contribution is 6.44. The lowest BCUT2D eigenvalue weighted by atomic mass is 10.0. The second-order valence-electron chi connectivity index (χ2n) is 6.29. The van der Waals surface area contributed by atoms with Gasteiger partial charge in [0.25, 0.3) is 0 Å². The van der Waals surface area contributed by atoms with Crippen LogP contribution in [0, 0.1) is 0 Å². The van der Waals surface area contributed by atoms with Crippen molar-refractivity contribution in [3.05, 3.63) is 0 Å². The van der Waals surface area contributed by atoms with E-state index in [-0.39, 0.29) is 0 Å². The van der Waals surface area contributed by atoms with Crippen LogP contribution >= 0.6 is 0 Å². The van der Waals surface area contributed by atoms with E-state index in [0.717, 1.165) is 0 Å². The summed E-state index contributed by atoms with van der Waals surface area (Å²) in [5, 5.41) is 0. The van der Waals surface area contributed by atoms with E-state index in [9.17, 15) is 0 Å². The van der Waals surface area contributed by atoms with Gasteiger partial charge in [0.05, 0.1) is 0 Å². The van der Waals surface area contributed by atoms with Gasteiger partial charge in [-0.25, -0.2) is 0 Å². The number of rotatable bonds is 17. The molecule has 0 unspecified atom stereocenters. The molecule has 0 aliphatic heterocycles. The molecule has 0 amide bonds. The highest BCUT2D eigenvalue weighted by Crippen LogP contribution is 2.13. The molecule has 0 radical (unpaired) electrons. The van der Waals surface area contributed by atoms with E-state index < -0.39 is 9.28 Å². The van der Waals surface area contributed by atoms with Crippen molar-refractivity contribution < 1.29 is 8.85 Å². The van der Waals surface area contributed by atoms with E-state index in [1.54, 1.807) is 14.2 Å². The highest BCUT2D eigenvalue weighted by Gasteiger charge is 2.07. The summed E-state index contributed by atoms with van der Waals surface area (Å²) in [4.78, 5) is 0. The van der Waals surface area contributed by atoms with Crippen LogP contribution in [0.15, 0.2) is 0 Å². The van der Waals surface area contributed by atoms with Crippen molar-refractivity contribution in [2.24, 2.45) is 0 Å². The summed E-state index contributed by atoms with van der Waals surface area (Å²) in [5.74, 6) is 0. The van der Waals surface area contributed by atoms with Gasteiger partial charge in [0.15, 0.2) is 0 Å². The summed E-state index contributed by atoms with van der Waals surface area (Å²) in [6.07, 6.45) is 19.9. The zero-order valence-corrected chi connectivity index (χ0v) is 16.2. The maximum absolute atomic E-state index is 5.33. The van der Waals surface area contributed by atoms with E-state index >= 15 is 0 Å². The van der Waals surface area contributed by atoms with Gasteiger partial charge in [-0.05, 0) is 6.04 Å². The first kappa shape index (κ1) is 21.1. The molecule has 0 aliphatic carbocycles. The van der Waals surface area contributed by atoms with Gasteiger partial charge in [-0.1, -0.05) is 96.8 Å². The van der Waals surface area contributed by atoms with E-state index in [1.165, 1.54) is 95.9 Å². The van der Waals surface area contributed by atoms with Crippen LogP contribution < -0.4 is 0 Å². The lowest BCUT2D eigenvalue weighted by Gasteiger charge is -2.10. The summed E-state index contributed by atoms with van der Waals surface area (Å²) in [5.41, 5.74) is 0. The fraction of sp³-hybridized carbons (Fsp3) is 1.00. The normalized spacial score (nSPS) is 11.4. The molecule has 0 fully saturated rings. The highest BCUT2D eigenvalue weighted by atomic mass is 28.3. The van der Waals surface area contributed by atoms with Crippen molar-refractivity contribution >= 4 is 9.28 Å². The monoisotopic (exact) mass is 316 g/mol. The Morgan fingerprint density at radius 1 is 0.524 bits per heavy atom. The third-order valence-electron chi connectivity index (χ3n) is 4.32. The molecule has 0 rings (SSSR count). The zero-order valence-electron chi connectivity index (χ0n) is 15.0. The van der Waals surface area contributed by atoms with Gasteiger partial charge in [0.1, 0.15) is 0 Å². The quantitative estimate of drug-likeness (QED) is 0.243. The van der Waals surface area contributed by atoms with Crippen LogP contribution in [-0.2, 0) is 8.85 Å². The van der Waals surface area contributed by atoms with Crippen LogP contribution in [0.25, 0.3) is 0 Å². The molecule has 0 aromatic carbocycles. The van der Waals surface area contributed by atoms with Gasteiger partial charge in [-0.15, -0.1) is 0 Å². The molecule has 128 valence electrons. The largest absolute Gasteiger partial charge is 0.400 e. The standard InChI is InChI=1S/C18H40O2Si/c1-4-5-6-7-8-9-10-11-12-13-14-15-16-17-18-21(19-2)20-3/h21H,4-18H2,1-3H3. The van der Waals surface area contributed by atoms with Gasteiger partial charge in [0, 0.05) is 14.2 Å². The van der Waals surface area contributed by atoms with Gasteiger partial charge < -0.3 is 8.85 Å². The number of hydrogen-bond acceptors (Lipinski definition) is 2. The molecule has 2 nitrogen and oxygen atoms in total. The summed E-state index contributed by atoms with van der Waals surface area (Å²) in [6.45, 7) is 2.29. The average molecular weight is 317 g/mol. The fourth-order valence-corrected chi connectivity index (χ4v) is 4.12. The minimum absolute atomic E-state index is 1.17. The van der Waals surface area contributed by atoms with Crippen molar-refractivity contribution in [1.29, 1.82) is 0 Å². The minimum Gasteiger partial charge on any atom is -0.400 e. The molecule has 0 heterocycles. The van der Waals surface area contributed by atoms with Crippen molar-refractivity contribution in [2.75, 3.05) is 14.2 Å². The van der Waals surface area contributed by atoms with Crippen molar-refractivity contribution in [3.63, 3.8) is 0 Å². The van der Waals surface area contributed by atoms with Crippen LogP contribution in [0.2, 0.25) is 6.04 Å². The molecule has 0 aromatic rings. The number of unbranched alkanes of at least 4 members (excludes halogenated alkanes) is 13. The Labute approximate surface area is 135 Å². The smallest absolute Gasteiger partial charge is 0.320 e.